The zero-order chi connectivity index (χ0) is 18.5. The van der Waals surface area contributed by atoms with Crippen molar-refractivity contribution in [1.29, 1.82) is 0 Å². The van der Waals surface area contributed by atoms with Crippen LogP contribution < -0.4 is 10.2 Å². The highest BCUT2D eigenvalue weighted by Gasteiger charge is 2.03. The van der Waals surface area contributed by atoms with E-state index in [9.17, 15) is 4.79 Å². The van der Waals surface area contributed by atoms with Crippen LogP contribution >= 0.6 is 0 Å². The number of nitrogens with zero attached hydrogens (tertiary/aromatic N) is 1. The molecule has 0 aliphatic rings. The van der Waals surface area contributed by atoms with E-state index in [1.807, 2.05) is 84.9 Å². The summed E-state index contributed by atoms with van der Waals surface area (Å²) in [6.07, 6.45) is 1.65. The van der Waals surface area contributed by atoms with Crippen molar-refractivity contribution in [3.05, 3.63) is 90.5 Å². The first kappa shape index (κ1) is 16.8. The molecule has 0 radical (unpaired) electrons. The fraction of sp³-hybridized carbons (Fsp3) is 0.0435. The summed E-state index contributed by atoms with van der Waals surface area (Å²) in [5.41, 5.74) is 3.46. The number of carbonyl (C=O) groups is 1. The van der Waals surface area contributed by atoms with Crippen molar-refractivity contribution in [2.24, 2.45) is 5.10 Å². The molecule has 4 nitrogen and oxygen atoms in total. The SMILES string of the molecule is O=C(COc1ccc2ccccc2c1)N/N=C\c1cccc2ccccc12. The summed E-state index contributed by atoms with van der Waals surface area (Å²) in [6.45, 7) is -0.0920. The van der Waals surface area contributed by atoms with E-state index in [0.29, 0.717) is 5.75 Å². The molecule has 4 aromatic rings. The van der Waals surface area contributed by atoms with Crippen LogP contribution in [0.5, 0.6) is 5.75 Å². The van der Waals surface area contributed by atoms with Crippen molar-refractivity contribution in [3.8, 4) is 5.75 Å². The third kappa shape index (κ3) is 3.96. The van der Waals surface area contributed by atoms with Gasteiger partial charge in [-0.3, -0.25) is 4.79 Å². The minimum atomic E-state index is -0.306. The predicted molar refractivity (Wildman–Crippen MR) is 109 cm³/mol. The van der Waals surface area contributed by atoms with Gasteiger partial charge in [-0.2, -0.15) is 5.10 Å². The van der Waals surface area contributed by atoms with E-state index in [2.05, 4.69) is 10.5 Å². The van der Waals surface area contributed by atoms with E-state index in [1.54, 1.807) is 6.21 Å². The summed E-state index contributed by atoms with van der Waals surface area (Å²) >= 11 is 0. The van der Waals surface area contributed by atoms with Gasteiger partial charge in [-0.1, -0.05) is 72.8 Å². The monoisotopic (exact) mass is 354 g/mol. The summed E-state index contributed by atoms with van der Waals surface area (Å²) in [5.74, 6) is 0.349. The van der Waals surface area contributed by atoms with Crippen molar-refractivity contribution in [2.75, 3.05) is 6.61 Å². The average Bonchev–Trinajstić information content (AvgIpc) is 2.72. The van der Waals surface area contributed by atoms with Gasteiger partial charge >= 0.3 is 0 Å². The molecule has 0 aliphatic heterocycles. The molecular formula is C23H18N2O2. The maximum absolute atomic E-state index is 12.0. The van der Waals surface area contributed by atoms with E-state index >= 15 is 0 Å². The summed E-state index contributed by atoms with van der Waals surface area (Å²) in [5, 5.41) is 8.48. The molecule has 0 saturated heterocycles. The third-order valence-corrected chi connectivity index (χ3v) is 4.31. The highest BCUT2D eigenvalue weighted by molar-refractivity contribution is 6.00. The van der Waals surface area contributed by atoms with Gasteiger partial charge in [-0.25, -0.2) is 5.43 Å². The lowest BCUT2D eigenvalue weighted by molar-refractivity contribution is -0.123. The summed E-state index contributed by atoms with van der Waals surface area (Å²) in [7, 11) is 0. The number of hydrogen-bond acceptors (Lipinski definition) is 3. The Labute approximate surface area is 157 Å². The molecule has 0 unspecified atom stereocenters. The van der Waals surface area contributed by atoms with Gasteiger partial charge in [-0.05, 0) is 33.7 Å². The lowest BCUT2D eigenvalue weighted by Crippen LogP contribution is -2.24. The minimum absolute atomic E-state index is 0.0920. The first-order valence-corrected chi connectivity index (χ1v) is 8.71. The molecule has 0 spiro atoms. The predicted octanol–water partition coefficient (Wildman–Crippen LogP) is 4.52. The molecule has 27 heavy (non-hydrogen) atoms. The van der Waals surface area contributed by atoms with Crippen molar-refractivity contribution in [3.63, 3.8) is 0 Å². The Kier molecular flexibility index (Phi) is 4.79. The van der Waals surface area contributed by atoms with Gasteiger partial charge < -0.3 is 4.74 Å². The number of nitrogens with one attached hydrogen (secondary N) is 1. The first-order chi connectivity index (χ1) is 13.3. The number of hydrazone groups is 1. The number of rotatable bonds is 5. The quantitative estimate of drug-likeness (QED) is 0.423. The van der Waals surface area contributed by atoms with E-state index in [-0.39, 0.29) is 12.5 Å². The van der Waals surface area contributed by atoms with Crippen LogP contribution in [0, 0.1) is 0 Å². The van der Waals surface area contributed by atoms with Crippen LogP contribution in [0.3, 0.4) is 0 Å². The van der Waals surface area contributed by atoms with Gasteiger partial charge in [0.05, 0.1) is 6.21 Å². The van der Waals surface area contributed by atoms with Crippen LogP contribution in [0.1, 0.15) is 5.56 Å². The molecule has 0 heterocycles. The second-order valence-corrected chi connectivity index (χ2v) is 6.16. The molecular weight excluding hydrogens is 336 g/mol. The number of amides is 1. The molecule has 4 heteroatoms. The van der Waals surface area contributed by atoms with Gasteiger partial charge in [0.15, 0.2) is 6.61 Å². The average molecular weight is 354 g/mol. The molecule has 0 fully saturated rings. The normalized spacial score (nSPS) is 11.1. The van der Waals surface area contributed by atoms with Gasteiger partial charge in [0.2, 0.25) is 0 Å². The summed E-state index contributed by atoms with van der Waals surface area (Å²) in [6, 6.07) is 27.8. The number of fused-ring (bicyclic) bond motifs is 2. The highest BCUT2D eigenvalue weighted by Crippen LogP contribution is 2.20. The fourth-order valence-electron chi connectivity index (χ4n) is 2.98. The number of hydrogen-bond donors (Lipinski definition) is 1. The topological polar surface area (TPSA) is 50.7 Å². The molecule has 132 valence electrons. The Morgan fingerprint density at radius 1 is 0.852 bits per heavy atom. The van der Waals surface area contributed by atoms with Crippen LogP contribution in [-0.2, 0) is 4.79 Å². The van der Waals surface area contributed by atoms with Crippen molar-refractivity contribution in [1.82, 2.24) is 5.43 Å². The van der Waals surface area contributed by atoms with Gasteiger partial charge in [0, 0.05) is 5.56 Å². The first-order valence-electron chi connectivity index (χ1n) is 8.71. The molecule has 0 saturated carbocycles. The van der Waals surface area contributed by atoms with Crippen LogP contribution in [0.4, 0.5) is 0 Å². The van der Waals surface area contributed by atoms with E-state index in [1.165, 1.54) is 0 Å². The number of carbonyl (C=O) groups excluding carboxylic acids is 1. The van der Waals surface area contributed by atoms with Gasteiger partial charge in [-0.15, -0.1) is 0 Å². The molecule has 1 N–H and O–H groups in total. The zero-order valence-electron chi connectivity index (χ0n) is 14.6. The molecule has 4 aromatic carbocycles. The van der Waals surface area contributed by atoms with Crippen molar-refractivity contribution < 1.29 is 9.53 Å². The standard InChI is InChI=1S/C23H18N2O2/c26-23(16-27-21-13-12-17-6-1-2-8-19(17)14-21)25-24-15-20-10-5-9-18-7-3-4-11-22(18)20/h1-15H,16H2,(H,25,26)/b24-15-. The van der Waals surface area contributed by atoms with E-state index in [0.717, 1.165) is 27.1 Å². The maximum atomic E-state index is 12.0. The maximum Gasteiger partial charge on any atom is 0.277 e. The Hall–Kier alpha value is -3.66. The fourth-order valence-corrected chi connectivity index (χ4v) is 2.98. The lowest BCUT2D eigenvalue weighted by Gasteiger charge is -2.06. The molecule has 0 bridgehead atoms. The van der Waals surface area contributed by atoms with Crippen LogP contribution in [0.2, 0.25) is 0 Å². The molecule has 4 rings (SSSR count). The smallest absolute Gasteiger partial charge is 0.277 e. The third-order valence-electron chi connectivity index (χ3n) is 4.31. The summed E-state index contributed by atoms with van der Waals surface area (Å²) in [4.78, 5) is 12.0. The second-order valence-electron chi connectivity index (χ2n) is 6.16. The van der Waals surface area contributed by atoms with Crippen molar-refractivity contribution in [2.45, 2.75) is 0 Å². The Balaban J connectivity index is 1.37. The number of ether oxygens (including phenoxy) is 1. The lowest BCUT2D eigenvalue weighted by atomic mass is 10.1. The van der Waals surface area contributed by atoms with Gasteiger partial charge in [0.1, 0.15) is 5.75 Å². The molecule has 0 aliphatic carbocycles. The Morgan fingerprint density at radius 3 is 2.48 bits per heavy atom. The Bertz CT molecular complexity index is 1130. The van der Waals surface area contributed by atoms with Crippen LogP contribution in [0.25, 0.3) is 21.5 Å². The largest absolute Gasteiger partial charge is 0.484 e. The van der Waals surface area contributed by atoms with E-state index in [4.69, 9.17) is 4.74 Å². The van der Waals surface area contributed by atoms with Crippen LogP contribution in [-0.4, -0.2) is 18.7 Å². The molecule has 0 atom stereocenters. The highest BCUT2D eigenvalue weighted by atomic mass is 16.5. The van der Waals surface area contributed by atoms with Crippen molar-refractivity contribution >= 4 is 33.7 Å². The van der Waals surface area contributed by atoms with Gasteiger partial charge in [0.25, 0.3) is 5.91 Å². The summed E-state index contributed by atoms with van der Waals surface area (Å²) < 4.78 is 5.56. The van der Waals surface area contributed by atoms with E-state index < -0.39 is 0 Å². The number of benzene rings is 4. The zero-order valence-corrected chi connectivity index (χ0v) is 14.6. The second kappa shape index (κ2) is 7.70. The van der Waals surface area contributed by atoms with Crippen LogP contribution in [0.15, 0.2) is 90.0 Å². The Morgan fingerprint density at radius 2 is 1.59 bits per heavy atom. The molecule has 0 aromatic heterocycles. The molecule has 1 amide bonds. The minimum Gasteiger partial charge on any atom is -0.484 e.